The van der Waals surface area contributed by atoms with Gasteiger partial charge in [0.25, 0.3) is 0 Å². The molecule has 0 saturated heterocycles. The Morgan fingerprint density at radius 1 is 1.04 bits per heavy atom. The van der Waals surface area contributed by atoms with E-state index < -0.39 is 0 Å². The smallest absolute Gasteiger partial charge is 0.161 e. The van der Waals surface area contributed by atoms with Crippen LogP contribution in [0.25, 0.3) is 16.9 Å². The van der Waals surface area contributed by atoms with E-state index in [1.54, 1.807) is 0 Å². The largest absolute Gasteiger partial charge is 0.367 e. The molecule has 24 heavy (non-hydrogen) atoms. The van der Waals surface area contributed by atoms with Crippen LogP contribution in [-0.2, 0) is 0 Å². The standard InChI is InChI=1S/C19H21BClN3/c20-16-11-6-12-17-23-18(14-9-4-5-10-15(14)21)19(24(16)17)22-13-7-2-1-3-8-13/h4-6,9-13,22H,1-3,7-8,20H2. The molecule has 1 saturated carbocycles. The summed E-state index contributed by atoms with van der Waals surface area (Å²) in [6, 6.07) is 14.7. The van der Waals surface area contributed by atoms with E-state index in [-0.39, 0.29) is 0 Å². The average molecular weight is 338 g/mol. The molecule has 5 heteroatoms. The molecule has 0 bridgehead atoms. The van der Waals surface area contributed by atoms with Crippen molar-refractivity contribution >= 4 is 36.5 Å². The van der Waals surface area contributed by atoms with Crippen LogP contribution in [0.15, 0.2) is 42.5 Å². The SMILES string of the molecule is Bc1cccc2nc(-c3ccccc3Cl)c(NC3CCCCC3)n12. The molecule has 122 valence electrons. The summed E-state index contributed by atoms with van der Waals surface area (Å²) in [5.41, 5.74) is 4.07. The normalized spacial score (nSPS) is 15.7. The molecule has 2 heterocycles. The maximum absolute atomic E-state index is 6.46. The number of aromatic nitrogens is 2. The molecule has 1 aliphatic carbocycles. The number of hydrogen-bond donors (Lipinski definition) is 1. The molecule has 3 nitrogen and oxygen atoms in total. The highest BCUT2D eigenvalue weighted by Crippen LogP contribution is 2.34. The lowest BCUT2D eigenvalue weighted by atomic mass is 9.95. The van der Waals surface area contributed by atoms with E-state index in [0.717, 1.165) is 27.7 Å². The van der Waals surface area contributed by atoms with E-state index in [9.17, 15) is 0 Å². The third kappa shape index (κ3) is 2.80. The average Bonchev–Trinajstić information content (AvgIpc) is 2.96. The molecule has 0 amide bonds. The second kappa shape index (κ2) is 6.52. The molecule has 4 rings (SSSR count). The lowest BCUT2D eigenvalue weighted by molar-refractivity contribution is 0.462. The minimum atomic E-state index is 0.513. The van der Waals surface area contributed by atoms with Crippen LogP contribution in [0, 0.1) is 0 Å². The molecule has 0 unspecified atom stereocenters. The lowest BCUT2D eigenvalue weighted by Crippen LogP contribution is -2.25. The van der Waals surface area contributed by atoms with E-state index in [2.05, 4.69) is 35.8 Å². The van der Waals surface area contributed by atoms with Gasteiger partial charge in [-0.15, -0.1) is 0 Å². The Balaban J connectivity index is 1.87. The Morgan fingerprint density at radius 3 is 2.62 bits per heavy atom. The van der Waals surface area contributed by atoms with E-state index in [4.69, 9.17) is 16.6 Å². The third-order valence-corrected chi connectivity index (χ3v) is 5.24. The summed E-state index contributed by atoms with van der Waals surface area (Å²) in [5, 5.41) is 4.52. The van der Waals surface area contributed by atoms with Crippen molar-refractivity contribution in [3.63, 3.8) is 0 Å². The first-order chi connectivity index (χ1) is 11.7. The summed E-state index contributed by atoms with van der Waals surface area (Å²) >= 11 is 6.46. The predicted molar refractivity (Wildman–Crippen MR) is 104 cm³/mol. The zero-order valence-corrected chi connectivity index (χ0v) is 14.7. The molecular formula is C19H21BClN3. The van der Waals surface area contributed by atoms with Crippen LogP contribution in [-0.4, -0.2) is 23.3 Å². The van der Waals surface area contributed by atoms with Gasteiger partial charge in [0.15, 0.2) is 7.85 Å². The maximum atomic E-state index is 6.46. The van der Waals surface area contributed by atoms with Crippen LogP contribution in [0.1, 0.15) is 32.1 Å². The molecule has 0 aliphatic heterocycles. The molecule has 3 aromatic rings. The number of anilines is 1. The quantitative estimate of drug-likeness (QED) is 0.739. The number of imidazole rings is 1. The van der Waals surface area contributed by atoms with E-state index in [0.29, 0.717) is 6.04 Å². The summed E-state index contributed by atoms with van der Waals surface area (Å²) in [5.74, 6) is 1.07. The monoisotopic (exact) mass is 337 g/mol. The van der Waals surface area contributed by atoms with Crippen LogP contribution in [0.4, 0.5) is 5.82 Å². The third-order valence-electron chi connectivity index (χ3n) is 4.91. The van der Waals surface area contributed by atoms with Crippen molar-refractivity contribution in [2.45, 2.75) is 38.1 Å². The van der Waals surface area contributed by atoms with Gasteiger partial charge in [-0.25, -0.2) is 4.98 Å². The predicted octanol–water partition coefficient (Wildman–Crippen LogP) is 3.66. The van der Waals surface area contributed by atoms with Crippen molar-refractivity contribution in [2.24, 2.45) is 0 Å². The fourth-order valence-electron chi connectivity index (χ4n) is 3.67. The molecule has 1 aromatic carbocycles. The minimum Gasteiger partial charge on any atom is -0.367 e. The summed E-state index contributed by atoms with van der Waals surface area (Å²) in [4.78, 5) is 4.89. The van der Waals surface area contributed by atoms with Gasteiger partial charge in [0.2, 0.25) is 0 Å². The van der Waals surface area contributed by atoms with Gasteiger partial charge in [-0.3, -0.25) is 4.40 Å². The topological polar surface area (TPSA) is 29.3 Å². The molecule has 1 fully saturated rings. The number of hydrogen-bond acceptors (Lipinski definition) is 2. The van der Waals surface area contributed by atoms with Crippen molar-refractivity contribution < 1.29 is 0 Å². The second-order valence-electron chi connectivity index (χ2n) is 6.63. The van der Waals surface area contributed by atoms with Crippen LogP contribution in [0.2, 0.25) is 5.02 Å². The number of nitrogens with one attached hydrogen (secondary N) is 1. The van der Waals surface area contributed by atoms with Gasteiger partial charge in [-0.05, 0) is 30.6 Å². The van der Waals surface area contributed by atoms with Gasteiger partial charge in [0.05, 0.1) is 5.02 Å². The van der Waals surface area contributed by atoms with Crippen LogP contribution >= 0.6 is 11.6 Å². The van der Waals surface area contributed by atoms with Crippen molar-refractivity contribution in [1.29, 1.82) is 0 Å². The van der Waals surface area contributed by atoms with E-state index >= 15 is 0 Å². The summed E-state index contributed by atoms with van der Waals surface area (Å²) in [6.45, 7) is 0. The zero-order chi connectivity index (χ0) is 16.5. The maximum Gasteiger partial charge on any atom is 0.161 e. The number of benzene rings is 1. The van der Waals surface area contributed by atoms with Crippen LogP contribution < -0.4 is 10.9 Å². The Kier molecular flexibility index (Phi) is 4.23. The number of halogens is 1. The van der Waals surface area contributed by atoms with Gasteiger partial charge in [-0.2, -0.15) is 0 Å². The van der Waals surface area contributed by atoms with Gasteiger partial charge in [-0.1, -0.05) is 61.2 Å². The first-order valence-electron chi connectivity index (χ1n) is 8.73. The molecule has 1 N–H and O–H groups in total. The van der Waals surface area contributed by atoms with Gasteiger partial charge < -0.3 is 5.32 Å². The van der Waals surface area contributed by atoms with Crippen molar-refractivity contribution in [3.8, 4) is 11.3 Å². The minimum absolute atomic E-state index is 0.513. The summed E-state index contributed by atoms with van der Waals surface area (Å²) in [7, 11) is 2.12. The molecular weight excluding hydrogens is 316 g/mol. The highest BCUT2D eigenvalue weighted by molar-refractivity contribution is 6.33. The van der Waals surface area contributed by atoms with Crippen molar-refractivity contribution in [2.75, 3.05) is 5.32 Å². The lowest BCUT2D eigenvalue weighted by Gasteiger charge is -2.24. The molecule has 0 spiro atoms. The van der Waals surface area contributed by atoms with Gasteiger partial charge >= 0.3 is 0 Å². The summed E-state index contributed by atoms with van der Waals surface area (Å²) in [6.07, 6.45) is 6.40. The Hall–Kier alpha value is -1.94. The first-order valence-corrected chi connectivity index (χ1v) is 9.11. The molecule has 1 aliphatic rings. The zero-order valence-electron chi connectivity index (χ0n) is 13.9. The van der Waals surface area contributed by atoms with Crippen molar-refractivity contribution in [1.82, 2.24) is 9.38 Å². The molecule has 2 aromatic heterocycles. The number of nitrogens with zero attached hydrogens (tertiary/aromatic N) is 2. The fourth-order valence-corrected chi connectivity index (χ4v) is 3.89. The van der Waals surface area contributed by atoms with E-state index in [1.807, 2.05) is 24.3 Å². The summed E-state index contributed by atoms with van der Waals surface area (Å²) < 4.78 is 2.22. The van der Waals surface area contributed by atoms with Crippen LogP contribution in [0.3, 0.4) is 0 Å². The fraction of sp³-hybridized carbons (Fsp3) is 0.316. The highest BCUT2D eigenvalue weighted by atomic mass is 35.5. The van der Waals surface area contributed by atoms with Crippen LogP contribution in [0.5, 0.6) is 0 Å². The molecule has 0 radical (unpaired) electrons. The highest BCUT2D eigenvalue weighted by Gasteiger charge is 2.21. The Labute approximate surface area is 148 Å². The van der Waals surface area contributed by atoms with Gasteiger partial charge in [0, 0.05) is 11.6 Å². The second-order valence-corrected chi connectivity index (χ2v) is 7.04. The van der Waals surface area contributed by atoms with Crippen molar-refractivity contribution in [3.05, 3.63) is 47.5 Å². The van der Waals surface area contributed by atoms with Gasteiger partial charge in [0.1, 0.15) is 17.2 Å². The number of rotatable bonds is 3. The Morgan fingerprint density at radius 2 is 1.83 bits per heavy atom. The van der Waals surface area contributed by atoms with E-state index in [1.165, 1.54) is 37.7 Å². The first kappa shape index (κ1) is 15.6. The molecule has 0 atom stereocenters. The number of pyridine rings is 1. The number of fused-ring (bicyclic) bond motifs is 1. The Bertz CT molecular complexity index is 868.